The molecule has 0 aliphatic carbocycles. The Labute approximate surface area is 165 Å². The van der Waals surface area contributed by atoms with Gasteiger partial charge in [0.25, 0.3) is 0 Å². The molecular formula is C19H27N3O5S. The summed E-state index contributed by atoms with van der Waals surface area (Å²) in [6.45, 7) is 9.52. The molecule has 0 saturated carbocycles. The van der Waals surface area contributed by atoms with Gasteiger partial charge in [-0.25, -0.2) is 17.9 Å². The molecule has 0 fully saturated rings. The molecule has 8 nitrogen and oxygen atoms in total. The highest BCUT2D eigenvalue weighted by Crippen LogP contribution is 2.18. The number of aryl methyl sites for hydroxylation is 1. The van der Waals surface area contributed by atoms with Gasteiger partial charge in [-0.15, -0.1) is 0 Å². The summed E-state index contributed by atoms with van der Waals surface area (Å²) < 4.78 is 29.6. The SMILES string of the molecule is CC(C)(C)NC=O.CCOC(=O)c1cc(C)nn1-c1cccc(S(C)(=O)=O)c1. The third-order valence-corrected chi connectivity index (χ3v) is 4.41. The second-order valence-corrected chi connectivity index (χ2v) is 9.10. The van der Waals surface area contributed by atoms with Crippen LogP contribution < -0.4 is 5.32 Å². The number of sulfone groups is 1. The third kappa shape index (κ3) is 7.15. The Balaban J connectivity index is 0.000000480. The highest BCUT2D eigenvalue weighted by Gasteiger charge is 2.17. The average molecular weight is 410 g/mol. The fraction of sp³-hybridized carbons (Fsp3) is 0.421. The minimum Gasteiger partial charge on any atom is -0.461 e. The van der Waals surface area contributed by atoms with Gasteiger partial charge in [0.1, 0.15) is 0 Å². The van der Waals surface area contributed by atoms with Gasteiger partial charge in [-0.2, -0.15) is 5.10 Å². The summed E-state index contributed by atoms with van der Waals surface area (Å²) in [4.78, 5) is 21.8. The molecule has 0 radical (unpaired) electrons. The number of esters is 1. The molecule has 1 aromatic carbocycles. The van der Waals surface area contributed by atoms with E-state index in [1.54, 1.807) is 32.0 Å². The van der Waals surface area contributed by atoms with Crippen LogP contribution in [0, 0.1) is 6.92 Å². The molecular weight excluding hydrogens is 382 g/mol. The summed E-state index contributed by atoms with van der Waals surface area (Å²) in [5.41, 5.74) is 1.33. The molecule has 2 rings (SSSR count). The zero-order chi connectivity index (χ0) is 21.5. The maximum Gasteiger partial charge on any atom is 0.357 e. The molecule has 154 valence electrons. The molecule has 9 heteroatoms. The summed E-state index contributed by atoms with van der Waals surface area (Å²) in [6, 6.07) is 7.87. The molecule has 0 aliphatic heterocycles. The number of aromatic nitrogens is 2. The van der Waals surface area contributed by atoms with E-state index in [9.17, 15) is 18.0 Å². The van der Waals surface area contributed by atoms with Crippen molar-refractivity contribution in [3.8, 4) is 5.69 Å². The number of ether oxygens (including phenoxy) is 1. The number of amides is 1. The van der Waals surface area contributed by atoms with Crippen LogP contribution in [0.1, 0.15) is 43.9 Å². The van der Waals surface area contributed by atoms with Crippen molar-refractivity contribution in [2.45, 2.75) is 45.1 Å². The van der Waals surface area contributed by atoms with Crippen molar-refractivity contribution in [2.75, 3.05) is 12.9 Å². The van der Waals surface area contributed by atoms with Gasteiger partial charge >= 0.3 is 5.97 Å². The van der Waals surface area contributed by atoms with E-state index in [1.807, 2.05) is 20.8 Å². The molecule has 0 saturated heterocycles. The van der Waals surface area contributed by atoms with E-state index in [4.69, 9.17) is 4.74 Å². The van der Waals surface area contributed by atoms with Crippen molar-refractivity contribution in [1.29, 1.82) is 0 Å². The van der Waals surface area contributed by atoms with Crippen LogP contribution in [0.5, 0.6) is 0 Å². The molecule has 0 atom stereocenters. The molecule has 0 aliphatic rings. The van der Waals surface area contributed by atoms with Gasteiger partial charge in [0.05, 0.1) is 22.9 Å². The van der Waals surface area contributed by atoms with E-state index in [2.05, 4.69) is 10.4 Å². The summed E-state index contributed by atoms with van der Waals surface area (Å²) in [5, 5.41) is 6.83. The number of benzene rings is 1. The molecule has 0 bridgehead atoms. The number of rotatable bonds is 5. The van der Waals surface area contributed by atoms with Crippen LogP contribution in [-0.2, 0) is 19.4 Å². The lowest BCUT2D eigenvalue weighted by atomic mass is 10.1. The lowest BCUT2D eigenvalue weighted by molar-refractivity contribution is -0.110. The van der Waals surface area contributed by atoms with Crippen LogP contribution in [0.4, 0.5) is 0 Å². The van der Waals surface area contributed by atoms with E-state index >= 15 is 0 Å². The quantitative estimate of drug-likeness (QED) is 0.600. The number of hydrogen-bond donors (Lipinski definition) is 1. The second kappa shape index (κ2) is 9.50. The van der Waals surface area contributed by atoms with Crippen molar-refractivity contribution in [3.63, 3.8) is 0 Å². The molecule has 1 N–H and O–H groups in total. The summed E-state index contributed by atoms with van der Waals surface area (Å²) >= 11 is 0. The van der Waals surface area contributed by atoms with Crippen LogP contribution in [0.2, 0.25) is 0 Å². The molecule has 0 spiro atoms. The Morgan fingerprint density at radius 2 is 1.93 bits per heavy atom. The predicted molar refractivity (Wildman–Crippen MR) is 106 cm³/mol. The topological polar surface area (TPSA) is 107 Å². The number of nitrogens with one attached hydrogen (secondary N) is 1. The van der Waals surface area contributed by atoms with Gasteiger partial charge < -0.3 is 10.1 Å². The minimum absolute atomic E-state index is 0.0677. The van der Waals surface area contributed by atoms with Gasteiger partial charge in [0, 0.05) is 11.8 Å². The molecule has 28 heavy (non-hydrogen) atoms. The van der Waals surface area contributed by atoms with E-state index in [0.29, 0.717) is 17.8 Å². The third-order valence-electron chi connectivity index (χ3n) is 3.30. The first-order chi connectivity index (χ1) is 12.9. The largest absolute Gasteiger partial charge is 0.461 e. The van der Waals surface area contributed by atoms with E-state index in [0.717, 1.165) is 6.26 Å². The normalized spacial score (nSPS) is 11.2. The van der Waals surface area contributed by atoms with E-state index in [-0.39, 0.29) is 22.7 Å². The summed E-state index contributed by atoms with van der Waals surface area (Å²) in [6.07, 6.45) is 1.84. The van der Waals surface area contributed by atoms with Crippen molar-refractivity contribution in [1.82, 2.24) is 15.1 Å². The first kappa shape index (κ1) is 23.4. The van der Waals surface area contributed by atoms with Crippen LogP contribution in [0.15, 0.2) is 35.2 Å². The van der Waals surface area contributed by atoms with Gasteiger partial charge in [0.15, 0.2) is 15.5 Å². The number of hydrogen-bond acceptors (Lipinski definition) is 6. The van der Waals surface area contributed by atoms with Crippen molar-refractivity contribution >= 4 is 22.2 Å². The molecule has 0 unspecified atom stereocenters. The van der Waals surface area contributed by atoms with Crippen molar-refractivity contribution in [3.05, 3.63) is 41.7 Å². The molecule has 1 amide bonds. The minimum atomic E-state index is -3.33. The first-order valence-corrected chi connectivity index (χ1v) is 10.5. The highest BCUT2D eigenvalue weighted by molar-refractivity contribution is 7.90. The Kier molecular flexibility index (Phi) is 7.92. The average Bonchev–Trinajstić information content (AvgIpc) is 2.96. The van der Waals surface area contributed by atoms with Crippen LogP contribution in [0.25, 0.3) is 5.69 Å². The fourth-order valence-corrected chi connectivity index (χ4v) is 2.73. The highest BCUT2D eigenvalue weighted by atomic mass is 32.2. The number of carbonyl (C=O) groups excluding carboxylic acids is 2. The summed E-state index contributed by atoms with van der Waals surface area (Å²) in [7, 11) is -3.33. The Morgan fingerprint density at radius 1 is 1.29 bits per heavy atom. The predicted octanol–water partition coefficient (Wildman–Crippen LogP) is 2.29. The maximum absolute atomic E-state index is 11.9. The van der Waals surface area contributed by atoms with Crippen LogP contribution >= 0.6 is 0 Å². The van der Waals surface area contributed by atoms with Gasteiger partial charge in [-0.05, 0) is 58.9 Å². The van der Waals surface area contributed by atoms with Crippen LogP contribution in [0.3, 0.4) is 0 Å². The van der Waals surface area contributed by atoms with Gasteiger partial charge in [0.2, 0.25) is 6.41 Å². The van der Waals surface area contributed by atoms with Gasteiger partial charge in [-0.1, -0.05) is 6.07 Å². The number of carbonyl (C=O) groups is 2. The summed E-state index contributed by atoms with van der Waals surface area (Å²) in [5.74, 6) is -0.497. The lowest BCUT2D eigenvalue weighted by Gasteiger charge is -2.15. The van der Waals surface area contributed by atoms with Crippen LogP contribution in [-0.4, -0.2) is 49.0 Å². The Hall–Kier alpha value is -2.68. The monoisotopic (exact) mass is 409 g/mol. The Bertz CT molecular complexity index is 927. The van der Waals surface area contributed by atoms with Crippen molar-refractivity contribution in [2.24, 2.45) is 0 Å². The zero-order valence-corrected chi connectivity index (χ0v) is 17.8. The standard InChI is InChI=1S/C14H16N2O4S.C5H11NO/c1-4-20-14(17)13-8-10(2)15-16(13)11-6-5-7-12(9-11)21(3,18)19;1-5(2,3)6-4-7/h5-9H,4H2,1-3H3;4H,1-3H3,(H,6,7). The number of nitrogens with zero attached hydrogens (tertiary/aromatic N) is 2. The van der Waals surface area contributed by atoms with Gasteiger partial charge in [-0.3, -0.25) is 4.79 Å². The maximum atomic E-state index is 11.9. The molecule has 1 aromatic heterocycles. The lowest BCUT2D eigenvalue weighted by Crippen LogP contribution is -2.34. The smallest absolute Gasteiger partial charge is 0.357 e. The van der Waals surface area contributed by atoms with Crippen molar-refractivity contribution < 1.29 is 22.7 Å². The fourth-order valence-electron chi connectivity index (χ4n) is 2.07. The molecule has 2 aromatic rings. The van der Waals surface area contributed by atoms with E-state index < -0.39 is 15.8 Å². The Morgan fingerprint density at radius 3 is 2.39 bits per heavy atom. The van der Waals surface area contributed by atoms with E-state index in [1.165, 1.54) is 16.8 Å². The zero-order valence-electron chi connectivity index (χ0n) is 17.0. The first-order valence-electron chi connectivity index (χ1n) is 8.64. The second-order valence-electron chi connectivity index (χ2n) is 7.08. The molecule has 1 heterocycles.